The molecular formula is C20H21NO2S. The Morgan fingerprint density at radius 1 is 0.792 bits per heavy atom. The molecule has 24 heavy (non-hydrogen) atoms. The van der Waals surface area contributed by atoms with Gasteiger partial charge in [0.1, 0.15) is 0 Å². The monoisotopic (exact) mass is 339 g/mol. The molecule has 1 aromatic heterocycles. The quantitative estimate of drug-likeness (QED) is 0.450. The first-order valence-electron chi connectivity index (χ1n) is 7.83. The van der Waals surface area contributed by atoms with E-state index in [2.05, 4.69) is 53.4 Å². The topological polar surface area (TPSA) is 23.4 Å². The van der Waals surface area contributed by atoms with Crippen LogP contribution in [-0.2, 0) is 9.47 Å². The zero-order valence-electron chi connectivity index (χ0n) is 13.8. The molecule has 3 rings (SSSR count). The largest absolute Gasteiger partial charge is 0.354 e. The normalized spacial score (nSPS) is 12.5. The van der Waals surface area contributed by atoms with E-state index in [0.29, 0.717) is 0 Å². The van der Waals surface area contributed by atoms with Crippen LogP contribution in [0, 0.1) is 0 Å². The second-order valence-electron chi connectivity index (χ2n) is 5.35. The van der Waals surface area contributed by atoms with Crippen LogP contribution in [-0.4, -0.2) is 25.1 Å². The van der Waals surface area contributed by atoms with Gasteiger partial charge in [-0.05, 0) is 29.8 Å². The van der Waals surface area contributed by atoms with Gasteiger partial charge >= 0.3 is 0 Å². The lowest BCUT2D eigenvalue weighted by molar-refractivity contribution is -0.102. The second kappa shape index (κ2) is 8.20. The molecule has 0 amide bonds. The third-order valence-electron chi connectivity index (χ3n) is 3.84. The Labute approximate surface area is 147 Å². The average molecular weight is 339 g/mol. The van der Waals surface area contributed by atoms with Crippen molar-refractivity contribution in [2.75, 3.05) is 14.2 Å². The van der Waals surface area contributed by atoms with Gasteiger partial charge in [0.2, 0.25) is 0 Å². The molecule has 1 atom stereocenters. The zero-order chi connectivity index (χ0) is 16.8. The highest BCUT2D eigenvalue weighted by atomic mass is 32.2. The molecule has 0 aliphatic carbocycles. The van der Waals surface area contributed by atoms with Crippen LogP contribution in [0.5, 0.6) is 0 Å². The van der Waals surface area contributed by atoms with Crippen LogP contribution in [0.4, 0.5) is 0 Å². The number of para-hydroxylation sites is 1. The van der Waals surface area contributed by atoms with Crippen LogP contribution >= 0.6 is 11.8 Å². The minimum Gasteiger partial charge on any atom is -0.354 e. The third-order valence-corrected chi connectivity index (χ3v) is 5.19. The van der Waals surface area contributed by atoms with E-state index in [4.69, 9.17) is 9.47 Å². The highest BCUT2D eigenvalue weighted by Gasteiger charge is 2.25. The molecule has 3 nitrogen and oxygen atoms in total. The van der Waals surface area contributed by atoms with Crippen molar-refractivity contribution in [3.05, 3.63) is 84.7 Å². The highest BCUT2D eigenvalue weighted by Crippen LogP contribution is 2.41. The number of hydrogen-bond donors (Lipinski definition) is 0. The SMILES string of the molecule is COC(OC)C(Sc1ccccc1-n1cccc1)c1ccccc1. The zero-order valence-corrected chi connectivity index (χ0v) is 14.6. The Balaban J connectivity index is 1.97. The van der Waals surface area contributed by atoms with E-state index >= 15 is 0 Å². The van der Waals surface area contributed by atoms with Crippen LogP contribution in [0.15, 0.2) is 84.0 Å². The molecule has 4 heteroatoms. The average Bonchev–Trinajstić information content (AvgIpc) is 3.17. The molecule has 1 unspecified atom stereocenters. The van der Waals surface area contributed by atoms with E-state index in [1.807, 2.05) is 30.3 Å². The Hall–Kier alpha value is -2.01. The maximum atomic E-state index is 5.57. The first-order valence-corrected chi connectivity index (χ1v) is 8.71. The van der Waals surface area contributed by atoms with E-state index in [0.717, 1.165) is 5.69 Å². The summed E-state index contributed by atoms with van der Waals surface area (Å²) in [5.41, 5.74) is 2.33. The number of thioether (sulfide) groups is 1. The molecule has 0 aliphatic rings. The van der Waals surface area contributed by atoms with Crippen molar-refractivity contribution < 1.29 is 9.47 Å². The smallest absolute Gasteiger partial charge is 0.172 e. The lowest BCUT2D eigenvalue weighted by Gasteiger charge is -2.25. The van der Waals surface area contributed by atoms with Crippen molar-refractivity contribution in [3.8, 4) is 5.69 Å². The van der Waals surface area contributed by atoms with Crippen LogP contribution in [0.3, 0.4) is 0 Å². The number of aromatic nitrogens is 1. The van der Waals surface area contributed by atoms with Crippen LogP contribution in [0.2, 0.25) is 0 Å². The lowest BCUT2D eigenvalue weighted by atomic mass is 10.1. The lowest BCUT2D eigenvalue weighted by Crippen LogP contribution is -2.21. The van der Waals surface area contributed by atoms with Gasteiger partial charge in [-0.15, -0.1) is 11.8 Å². The van der Waals surface area contributed by atoms with Crippen LogP contribution in [0.1, 0.15) is 10.8 Å². The molecule has 0 fully saturated rings. The Bertz CT molecular complexity index is 739. The first-order chi connectivity index (χ1) is 11.8. The summed E-state index contributed by atoms with van der Waals surface area (Å²) in [5, 5.41) is 0.0397. The van der Waals surface area contributed by atoms with Gasteiger partial charge in [0.15, 0.2) is 6.29 Å². The van der Waals surface area contributed by atoms with E-state index in [-0.39, 0.29) is 11.5 Å². The van der Waals surface area contributed by atoms with Gasteiger partial charge < -0.3 is 14.0 Å². The van der Waals surface area contributed by atoms with Crippen molar-refractivity contribution in [2.45, 2.75) is 16.4 Å². The van der Waals surface area contributed by atoms with E-state index in [1.54, 1.807) is 26.0 Å². The van der Waals surface area contributed by atoms with E-state index < -0.39 is 0 Å². The molecule has 0 aliphatic heterocycles. The summed E-state index contributed by atoms with van der Waals surface area (Å²) in [6.45, 7) is 0. The van der Waals surface area contributed by atoms with Gasteiger partial charge in [0.05, 0.1) is 10.9 Å². The van der Waals surface area contributed by atoms with E-state index in [9.17, 15) is 0 Å². The summed E-state index contributed by atoms with van der Waals surface area (Å²) < 4.78 is 13.3. The predicted octanol–water partition coefficient (Wildman–Crippen LogP) is 4.93. The minimum absolute atomic E-state index is 0.0397. The highest BCUT2D eigenvalue weighted by molar-refractivity contribution is 7.99. The fraction of sp³-hybridized carbons (Fsp3) is 0.200. The Morgan fingerprint density at radius 2 is 1.42 bits per heavy atom. The van der Waals surface area contributed by atoms with Crippen LogP contribution in [0.25, 0.3) is 5.69 Å². The van der Waals surface area contributed by atoms with Crippen LogP contribution < -0.4 is 0 Å². The summed E-state index contributed by atoms with van der Waals surface area (Å²) in [6, 6.07) is 22.8. The van der Waals surface area contributed by atoms with Crippen molar-refractivity contribution in [2.24, 2.45) is 0 Å². The second-order valence-corrected chi connectivity index (χ2v) is 6.53. The molecule has 0 N–H and O–H groups in total. The fourth-order valence-electron chi connectivity index (χ4n) is 2.67. The van der Waals surface area contributed by atoms with Crippen molar-refractivity contribution in [1.29, 1.82) is 0 Å². The summed E-state index contributed by atoms with van der Waals surface area (Å²) >= 11 is 1.75. The molecule has 1 heterocycles. The van der Waals surface area contributed by atoms with Gasteiger partial charge in [-0.25, -0.2) is 0 Å². The number of hydrogen-bond acceptors (Lipinski definition) is 3. The number of methoxy groups -OCH3 is 2. The number of nitrogens with zero attached hydrogens (tertiary/aromatic N) is 1. The molecule has 124 valence electrons. The first kappa shape index (κ1) is 16.8. The molecule has 2 aromatic carbocycles. The number of rotatable bonds is 7. The molecule has 0 spiro atoms. The molecule has 0 saturated carbocycles. The predicted molar refractivity (Wildman–Crippen MR) is 98.6 cm³/mol. The minimum atomic E-state index is -0.324. The van der Waals surface area contributed by atoms with Crippen molar-refractivity contribution in [3.63, 3.8) is 0 Å². The maximum Gasteiger partial charge on any atom is 0.172 e. The summed E-state index contributed by atoms with van der Waals surface area (Å²) in [7, 11) is 3.37. The Morgan fingerprint density at radius 3 is 2.08 bits per heavy atom. The fourth-order valence-corrected chi connectivity index (χ4v) is 4.02. The summed E-state index contributed by atoms with van der Waals surface area (Å²) in [6.07, 6.45) is 3.79. The van der Waals surface area contributed by atoms with Gasteiger partial charge in [0.25, 0.3) is 0 Å². The van der Waals surface area contributed by atoms with Crippen molar-refractivity contribution >= 4 is 11.8 Å². The maximum absolute atomic E-state index is 5.57. The molecule has 0 saturated heterocycles. The van der Waals surface area contributed by atoms with Gasteiger partial charge in [-0.2, -0.15) is 0 Å². The summed E-state index contributed by atoms with van der Waals surface area (Å²) in [5.74, 6) is 0. The third kappa shape index (κ3) is 3.73. The standard InChI is InChI=1S/C20H21NO2S/c1-22-20(23-2)19(16-10-4-3-5-11-16)24-18-13-7-6-12-17(18)21-14-8-9-15-21/h3-15,19-20H,1-2H3. The number of benzene rings is 2. The molecule has 0 bridgehead atoms. The van der Waals surface area contributed by atoms with E-state index in [1.165, 1.54) is 10.5 Å². The molecular weight excluding hydrogens is 318 g/mol. The van der Waals surface area contributed by atoms with Crippen molar-refractivity contribution in [1.82, 2.24) is 4.57 Å². The molecule has 3 aromatic rings. The Kier molecular flexibility index (Phi) is 5.75. The number of ether oxygens (including phenoxy) is 2. The van der Waals surface area contributed by atoms with Gasteiger partial charge in [0, 0.05) is 31.5 Å². The van der Waals surface area contributed by atoms with Gasteiger partial charge in [-0.1, -0.05) is 42.5 Å². The summed E-state index contributed by atoms with van der Waals surface area (Å²) in [4.78, 5) is 1.18. The molecule has 0 radical (unpaired) electrons. The van der Waals surface area contributed by atoms with Gasteiger partial charge in [-0.3, -0.25) is 0 Å².